The van der Waals surface area contributed by atoms with E-state index in [1.54, 1.807) is 49.4 Å². The molecule has 0 bridgehead atoms. The molecule has 0 aliphatic rings. The lowest BCUT2D eigenvalue weighted by Crippen LogP contribution is -2.31. The smallest absolute Gasteiger partial charge is 0.257 e. The Hall–Kier alpha value is -2.94. The van der Waals surface area contributed by atoms with E-state index in [0.29, 0.717) is 26.9 Å². The van der Waals surface area contributed by atoms with Gasteiger partial charge in [0, 0.05) is 21.8 Å². The monoisotopic (exact) mass is 522 g/mol. The van der Waals surface area contributed by atoms with E-state index >= 15 is 0 Å². The van der Waals surface area contributed by atoms with Crippen LogP contribution in [0.1, 0.15) is 21.5 Å². The third-order valence-electron chi connectivity index (χ3n) is 5.17. The molecule has 0 spiro atoms. The highest BCUT2D eigenvalue weighted by Gasteiger charge is 2.27. The first-order valence-electron chi connectivity index (χ1n) is 10.1. The molecule has 0 saturated heterocycles. The first kappa shape index (κ1) is 25.7. The van der Waals surface area contributed by atoms with Crippen molar-refractivity contribution in [3.05, 3.63) is 81.3 Å². The molecular weight excluding hydrogens is 499 g/mol. The van der Waals surface area contributed by atoms with Crippen LogP contribution >= 0.6 is 23.2 Å². The zero-order valence-corrected chi connectivity index (χ0v) is 21.4. The van der Waals surface area contributed by atoms with Gasteiger partial charge in [-0.3, -0.25) is 9.10 Å². The largest absolute Gasteiger partial charge is 0.493 e. The van der Waals surface area contributed by atoms with Gasteiger partial charge in [0.2, 0.25) is 10.0 Å². The van der Waals surface area contributed by atoms with Gasteiger partial charge in [-0.2, -0.15) is 0 Å². The molecule has 34 heavy (non-hydrogen) atoms. The van der Waals surface area contributed by atoms with Crippen molar-refractivity contribution in [3.8, 4) is 11.5 Å². The molecule has 0 radical (unpaired) electrons. The quantitative estimate of drug-likeness (QED) is 0.419. The molecule has 7 nitrogen and oxygen atoms in total. The summed E-state index contributed by atoms with van der Waals surface area (Å²) >= 11 is 12.2. The van der Waals surface area contributed by atoms with Crippen molar-refractivity contribution in [2.75, 3.05) is 30.1 Å². The van der Waals surface area contributed by atoms with E-state index < -0.39 is 15.9 Å². The minimum Gasteiger partial charge on any atom is -0.493 e. The normalized spacial score (nSPS) is 11.1. The molecule has 0 heterocycles. The number of carbonyl (C=O) groups is 1. The molecule has 180 valence electrons. The van der Waals surface area contributed by atoms with E-state index in [4.69, 9.17) is 32.7 Å². The van der Waals surface area contributed by atoms with Crippen molar-refractivity contribution in [2.24, 2.45) is 0 Å². The summed E-state index contributed by atoms with van der Waals surface area (Å²) in [4.78, 5) is 13.4. The van der Waals surface area contributed by atoms with Crippen LogP contribution in [0.25, 0.3) is 0 Å². The van der Waals surface area contributed by atoms with Crippen molar-refractivity contribution in [1.29, 1.82) is 0 Å². The van der Waals surface area contributed by atoms with Crippen LogP contribution in [0, 0.1) is 6.92 Å². The number of nitrogens with zero attached hydrogens (tertiary/aromatic N) is 1. The van der Waals surface area contributed by atoms with Gasteiger partial charge in [0.1, 0.15) is 0 Å². The molecule has 0 aliphatic carbocycles. The summed E-state index contributed by atoms with van der Waals surface area (Å²) in [5.74, 6) is 0.0166. The minimum absolute atomic E-state index is 0.0258. The van der Waals surface area contributed by atoms with Crippen LogP contribution < -0.4 is 19.1 Å². The van der Waals surface area contributed by atoms with Gasteiger partial charge in [0.15, 0.2) is 11.5 Å². The van der Waals surface area contributed by atoms with E-state index in [1.807, 2.05) is 0 Å². The Balaban J connectivity index is 2.15. The first-order chi connectivity index (χ1) is 16.0. The van der Waals surface area contributed by atoms with Crippen LogP contribution in [-0.2, 0) is 16.6 Å². The summed E-state index contributed by atoms with van der Waals surface area (Å²) < 4.78 is 37.6. The Bertz CT molecular complexity index is 1310. The third-order valence-corrected chi connectivity index (χ3v) is 6.96. The maximum absolute atomic E-state index is 13.4. The third kappa shape index (κ3) is 5.75. The summed E-state index contributed by atoms with van der Waals surface area (Å²) in [6.07, 6.45) is 1.07. The highest BCUT2D eigenvalue weighted by Crippen LogP contribution is 2.37. The van der Waals surface area contributed by atoms with Crippen LogP contribution in [0.15, 0.2) is 54.6 Å². The zero-order chi connectivity index (χ0) is 25.0. The van der Waals surface area contributed by atoms with E-state index in [2.05, 4.69) is 5.32 Å². The Morgan fingerprint density at radius 2 is 1.62 bits per heavy atom. The Morgan fingerprint density at radius 1 is 1.00 bits per heavy atom. The molecule has 3 aromatic rings. The fourth-order valence-electron chi connectivity index (χ4n) is 3.33. The van der Waals surface area contributed by atoms with E-state index in [9.17, 15) is 13.2 Å². The lowest BCUT2D eigenvalue weighted by atomic mass is 10.1. The van der Waals surface area contributed by atoms with Gasteiger partial charge in [-0.05, 0) is 48.4 Å². The molecule has 1 amide bonds. The number of hydrogen-bond acceptors (Lipinski definition) is 5. The summed E-state index contributed by atoms with van der Waals surface area (Å²) in [5, 5.41) is 3.83. The lowest BCUT2D eigenvalue weighted by molar-refractivity contribution is 0.102. The van der Waals surface area contributed by atoms with Gasteiger partial charge < -0.3 is 14.8 Å². The molecule has 0 unspecified atom stereocenters. The van der Waals surface area contributed by atoms with Crippen LogP contribution in [0.2, 0.25) is 10.0 Å². The predicted octanol–water partition coefficient (Wildman–Crippen LogP) is 5.54. The van der Waals surface area contributed by atoms with E-state index in [1.165, 1.54) is 26.4 Å². The Labute approximate surface area is 209 Å². The SMILES string of the molecule is COc1cc(C(=O)Nc2cccc(Cl)c2C)c(N(Cc2ccc(Cl)cc2)S(C)(=O)=O)cc1OC. The first-order valence-corrected chi connectivity index (χ1v) is 12.7. The number of amides is 1. The molecule has 0 saturated carbocycles. The van der Waals surface area contributed by atoms with Gasteiger partial charge in [0.05, 0.1) is 38.3 Å². The second kappa shape index (κ2) is 10.5. The molecule has 0 aromatic heterocycles. The second-order valence-electron chi connectivity index (χ2n) is 7.49. The fraction of sp³-hybridized carbons (Fsp3) is 0.208. The van der Waals surface area contributed by atoms with Crippen molar-refractivity contribution >= 4 is 50.5 Å². The van der Waals surface area contributed by atoms with Crippen molar-refractivity contribution in [3.63, 3.8) is 0 Å². The number of benzene rings is 3. The van der Waals surface area contributed by atoms with Crippen molar-refractivity contribution in [1.82, 2.24) is 0 Å². The maximum atomic E-state index is 13.4. The number of ether oxygens (including phenoxy) is 2. The Kier molecular flexibility index (Phi) is 7.97. The number of hydrogen-bond donors (Lipinski definition) is 1. The summed E-state index contributed by atoms with van der Waals surface area (Å²) in [5.41, 5.74) is 2.08. The van der Waals surface area contributed by atoms with Gasteiger partial charge in [-0.15, -0.1) is 0 Å². The van der Waals surface area contributed by atoms with Crippen molar-refractivity contribution in [2.45, 2.75) is 13.5 Å². The van der Waals surface area contributed by atoms with Gasteiger partial charge in [-0.1, -0.05) is 41.4 Å². The molecule has 0 aliphatic heterocycles. The number of anilines is 2. The predicted molar refractivity (Wildman–Crippen MR) is 136 cm³/mol. The highest BCUT2D eigenvalue weighted by atomic mass is 35.5. The molecule has 10 heteroatoms. The summed E-state index contributed by atoms with van der Waals surface area (Å²) in [7, 11) is -0.948. The van der Waals surface area contributed by atoms with Crippen LogP contribution in [0.5, 0.6) is 11.5 Å². The van der Waals surface area contributed by atoms with Crippen molar-refractivity contribution < 1.29 is 22.7 Å². The average molecular weight is 523 g/mol. The summed E-state index contributed by atoms with van der Waals surface area (Å²) in [6.45, 7) is 1.75. The number of methoxy groups -OCH3 is 2. The minimum atomic E-state index is -3.81. The molecule has 0 fully saturated rings. The number of sulfonamides is 1. The number of rotatable bonds is 8. The van der Waals surface area contributed by atoms with Crippen LogP contribution in [0.4, 0.5) is 11.4 Å². The van der Waals surface area contributed by atoms with E-state index in [0.717, 1.165) is 10.6 Å². The average Bonchev–Trinajstić information content (AvgIpc) is 2.80. The maximum Gasteiger partial charge on any atom is 0.257 e. The lowest BCUT2D eigenvalue weighted by Gasteiger charge is -2.26. The topological polar surface area (TPSA) is 84.9 Å². The summed E-state index contributed by atoms with van der Waals surface area (Å²) in [6, 6.07) is 14.8. The second-order valence-corrected chi connectivity index (χ2v) is 10.2. The van der Waals surface area contributed by atoms with Gasteiger partial charge in [0.25, 0.3) is 5.91 Å². The van der Waals surface area contributed by atoms with Gasteiger partial charge >= 0.3 is 0 Å². The Morgan fingerprint density at radius 3 is 2.21 bits per heavy atom. The number of nitrogens with one attached hydrogen (secondary N) is 1. The molecule has 1 N–H and O–H groups in total. The number of halogens is 2. The van der Waals surface area contributed by atoms with Crippen LogP contribution in [-0.4, -0.2) is 34.8 Å². The molecule has 3 rings (SSSR count). The highest BCUT2D eigenvalue weighted by molar-refractivity contribution is 7.92. The van der Waals surface area contributed by atoms with Gasteiger partial charge in [-0.25, -0.2) is 8.42 Å². The fourth-order valence-corrected chi connectivity index (χ4v) is 4.52. The van der Waals surface area contributed by atoms with Crippen LogP contribution in [0.3, 0.4) is 0 Å². The molecule has 0 atom stereocenters. The zero-order valence-electron chi connectivity index (χ0n) is 19.1. The van der Waals surface area contributed by atoms with E-state index in [-0.39, 0.29) is 29.3 Å². The molecular formula is C24H24Cl2N2O5S. The molecule has 3 aromatic carbocycles. The standard InChI is InChI=1S/C24H24Cl2N2O5S/c1-15-19(26)6-5-7-20(15)27-24(29)18-12-22(32-2)23(33-3)13-21(18)28(34(4,30)31)14-16-8-10-17(25)11-9-16/h5-13H,14H2,1-4H3,(H,27,29). The number of carbonyl (C=O) groups excluding carboxylic acids is 1.